The summed E-state index contributed by atoms with van der Waals surface area (Å²) >= 11 is 1.68. The molecule has 0 aliphatic carbocycles. The van der Waals surface area contributed by atoms with Gasteiger partial charge in [-0.15, -0.1) is 0 Å². The third-order valence-electron chi connectivity index (χ3n) is 4.41. The van der Waals surface area contributed by atoms with Gasteiger partial charge in [-0.2, -0.15) is 10.5 Å². The SMILES string of the molecule is N#Cc1ccc(C(=O)SCC2(CSC(=O)c3ccc(C#N)cc3)NC(=O)NC2=O)cc1. The Morgan fingerprint density at radius 2 is 1.23 bits per heavy atom. The van der Waals surface area contributed by atoms with E-state index in [1.165, 1.54) is 48.5 Å². The van der Waals surface area contributed by atoms with Gasteiger partial charge in [0.25, 0.3) is 5.91 Å². The largest absolute Gasteiger partial charge is 0.322 e. The van der Waals surface area contributed by atoms with Crippen molar-refractivity contribution in [3.8, 4) is 12.1 Å². The third kappa shape index (κ3) is 5.12. The fourth-order valence-electron chi connectivity index (χ4n) is 2.68. The Morgan fingerprint density at radius 1 is 0.806 bits per heavy atom. The van der Waals surface area contributed by atoms with Crippen LogP contribution in [0.25, 0.3) is 0 Å². The molecule has 154 valence electrons. The van der Waals surface area contributed by atoms with E-state index < -0.39 is 17.5 Å². The molecule has 1 heterocycles. The number of hydrogen-bond acceptors (Lipinski definition) is 8. The summed E-state index contributed by atoms with van der Waals surface area (Å²) in [6.07, 6.45) is 0. The Balaban J connectivity index is 1.69. The summed E-state index contributed by atoms with van der Waals surface area (Å²) in [6, 6.07) is 15.3. The van der Waals surface area contributed by atoms with Crippen molar-refractivity contribution in [1.82, 2.24) is 10.6 Å². The maximum absolute atomic E-state index is 12.5. The molecule has 0 saturated carbocycles. The molecular weight excluding hydrogens is 436 g/mol. The minimum absolute atomic E-state index is 0.0724. The zero-order chi connectivity index (χ0) is 22.4. The van der Waals surface area contributed by atoms with Crippen LogP contribution in [0, 0.1) is 22.7 Å². The first-order chi connectivity index (χ1) is 14.9. The lowest BCUT2D eigenvalue weighted by Gasteiger charge is -2.24. The fraction of sp³-hybridized carbons (Fsp3) is 0.143. The summed E-state index contributed by atoms with van der Waals surface area (Å²) in [5, 5.41) is 21.7. The molecule has 0 spiro atoms. The summed E-state index contributed by atoms with van der Waals surface area (Å²) in [4.78, 5) is 49.2. The van der Waals surface area contributed by atoms with Crippen molar-refractivity contribution in [2.45, 2.75) is 5.54 Å². The Kier molecular flexibility index (Phi) is 6.75. The van der Waals surface area contributed by atoms with Crippen LogP contribution in [0.4, 0.5) is 4.79 Å². The van der Waals surface area contributed by atoms with Crippen LogP contribution >= 0.6 is 23.5 Å². The van der Waals surface area contributed by atoms with Gasteiger partial charge in [0.2, 0.25) is 10.2 Å². The maximum atomic E-state index is 12.5. The van der Waals surface area contributed by atoms with Gasteiger partial charge in [0.15, 0.2) is 0 Å². The van der Waals surface area contributed by atoms with Crippen LogP contribution in [0.3, 0.4) is 0 Å². The van der Waals surface area contributed by atoms with Gasteiger partial charge in [-0.3, -0.25) is 19.7 Å². The number of carbonyl (C=O) groups is 4. The number of rotatable bonds is 6. The van der Waals surface area contributed by atoms with Gasteiger partial charge in [-0.05, 0) is 48.5 Å². The highest BCUT2D eigenvalue weighted by atomic mass is 32.2. The zero-order valence-electron chi connectivity index (χ0n) is 15.9. The van der Waals surface area contributed by atoms with Crippen molar-refractivity contribution in [3.05, 3.63) is 70.8 Å². The van der Waals surface area contributed by atoms with Crippen LogP contribution in [0.1, 0.15) is 31.8 Å². The molecule has 10 heteroatoms. The average Bonchev–Trinajstić information content (AvgIpc) is 3.09. The number of nitrogens with one attached hydrogen (secondary N) is 2. The zero-order valence-corrected chi connectivity index (χ0v) is 17.5. The minimum atomic E-state index is -1.43. The lowest BCUT2D eigenvalue weighted by molar-refractivity contribution is -0.122. The second-order valence-corrected chi connectivity index (χ2v) is 8.42. The second-order valence-electron chi connectivity index (χ2n) is 6.52. The van der Waals surface area contributed by atoms with Gasteiger partial charge in [-0.25, -0.2) is 4.79 Å². The van der Waals surface area contributed by atoms with Gasteiger partial charge in [0, 0.05) is 22.6 Å². The molecule has 1 aliphatic rings. The van der Waals surface area contributed by atoms with Crippen LogP contribution < -0.4 is 10.6 Å². The van der Waals surface area contributed by atoms with Crippen molar-refractivity contribution < 1.29 is 19.2 Å². The van der Waals surface area contributed by atoms with E-state index >= 15 is 0 Å². The van der Waals surface area contributed by atoms with E-state index in [0.29, 0.717) is 22.3 Å². The number of imide groups is 1. The molecule has 0 unspecified atom stereocenters. The molecule has 31 heavy (non-hydrogen) atoms. The predicted octanol–water partition coefficient (Wildman–Crippen LogP) is 2.46. The molecule has 3 rings (SSSR count). The number of amides is 3. The molecule has 0 radical (unpaired) electrons. The molecular formula is C21H14N4O4S2. The molecule has 0 bridgehead atoms. The molecule has 1 aliphatic heterocycles. The third-order valence-corrected chi connectivity index (χ3v) is 6.68. The van der Waals surface area contributed by atoms with E-state index in [1.807, 2.05) is 12.1 Å². The number of nitrogens with zero attached hydrogens (tertiary/aromatic N) is 2. The van der Waals surface area contributed by atoms with Crippen LogP contribution in [0.15, 0.2) is 48.5 Å². The first kappa shape index (κ1) is 22.1. The van der Waals surface area contributed by atoms with Crippen molar-refractivity contribution in [1.29, 1.82) is 10.5 Å². The Labute approximate surface area is 186 Å². The molecule has 2 aromatic carbocycles. The predicted molar refractivity (Wildman–Crippen MR) is 115 cm³/mol. The van der Waals surface area contributed by atoms with Crippen molar-refractivity contribution >= 4 is 45.7 Å². The van der Waals surface area contributed by atoms with E-state index in [9.17, 15) is 19.2 Å². The minimum Gasteiger partial charge on any atom is -0.322 e. The van der Waals surface area contributed by atoms with Crippen molar-refractivity contribution in [3.63, 3.8) is 0 Å². The van der Waals surface area contributed by atoms with Crippen LogP contribution in [0.5, 0.6) is 0 Å². The molecule has 8 nitrogen and oxygen atoms in total. The van der Waals surface area contributed by atoms with Crippen molar-refractivity contribution in [2.75, 3.05) is 11.5 Å². The highest BCUT2D eigenvalue weighted by molar-refractivity contribution is 8.15. The van der Waals surface area contributed by atoms with Crippen LogP contribution in [0.2, 0.25) is 0 Å². The smallest absolute Gasteiger partial charge is 0.322 e. The number of urea groups is 1. The quantitative estimate of drug-likeness (QED) is 0.640. The van der Waals surface area contributed by atoms with Gasteiger partial charge >= 0.3 is 6.03 Å². The van der Waals surface area contributed by atoms with Gasteiger partial charge in [0.1, 0.15) is 5.54 Å². The summed E-state index contributed by atoms with van der Waals surface area (Å²) in [6.45, 7) is 0. The van der Waals surface area contributed by atoms with Gasteiger partial charge < -0.3 is 5.32 Å². The molecule has 3 amide bonds. The van der Waals surface area contributed by atoms with Crippen molar-refractivity contribution in [2.24, 2.45) is 0 Å². The molecule has 1 saturated heterocycles. The topological polar surface area (TPSA) is 140 Å². The number of benzene rings is 2. The normalized spacial score (nSPS) is 14.1. The lowest BCUT2D eigenvalue weighted by Crippen LogP contribution is -2.52. The Hall–Kier alpha value is -3.60. The van der Waals surface area contributed by atoms with Crippen LogP contribution in [-0.2, 0) is 4.79 Å². The van der Waals surface area contributed by atoms with E-state index in [-0.39, 0.29) is 21.7 Å². The van der Waals surface area contributed by atoms with Gasteiger partial charge in [-0.1, -0.05) is 23.5 Å². The van der Waals surface area contributed by atoms with Crippen LogP contribution in [-0.4, -0.2) is 39.2 Å². The Morgan fingerprint density at radius 3 is 1.55 bits per heavy atom. The van der Waals surface area contributed by atoms with E-state index in [4.69, 9.17) is 10.5 Å². The Bertz CT molecular complexity index is 1060. The molecule has 0 aromatic heterocycles. The van der Waals surface area contributed by atoms with Gasteiger partial charge in [0.05, 0.1) is 23.3 Å². The number of nitriles is 2. The molecule has 2 aromatic rings. The standard InChI is InChI=1S/C21H14N4O4S2/c22-9-13-1-5-15(6-2-13)17(26)30-11-21(19(28)24-20(29)25-21)12-31-18(27)16-7-3-14(10-23)4-8-16/h1-8H,11-12H2,(H2,24,25,28,29). The molecule has 1 fully saturated rings. The first-order valence-corrected chi connectivity index (χ1v) is 10.8. The average molecular weight is 451 g/mol. The first-order valence-electron chi connectivity index (χ1n) is 8.85. The summed E-state index contributed by atoms with van der Waals surface area (Å²) in [5.41, 5.74) is 0.100. The highest BCUT2D eigenvalue weighted by Crippen LogP contribution is 2.27. The highest BCUT2D eigenvalue weighted by Gasteiger charge is 2.47. The van der Waals surface area contributed by atoms with E-state index in [0.717, 1.165) is 23.5 Å². The number of thioether (sulfide) groups is 2. The fourth-order valence-corrected chi connectivity index (χ4v) is 4.78. The second kappa shape index (κ2) is 9.47. The summed E-state index contributed by atoms with van der Waals surface area (Å²) in [7, 11) is 0. The number of hydrogen-bond donors (Lipinski definition) is 2. The van der Waals surface area contributed by atoms with E-state index in [2.05, 4.69) is 10.6 Å². The summed E-state index contributed by atoms with van der Waals surface area (Å²) < 4.78 is 0. The monoisotopic (exact) mass is 450 g/mol. The maximum Gasteiger partial charge on any atom is 0.322 e. The molecule has 0 atom stereocenters. The van der Waals surface area contributed by atoms with E-state index in [1.54, 1.807) is 0 Å². The lowest BCUT2D eigenvalue weighted by atomic mass is 10.1. The summed E-state index contributed by atoms with van der Waals surface area (Å²) in [5.74, 6) is -0.758. The number of carbonyl (C=O) groups excluding carboxylic acids is 4. The molecule has 2 N–H and O–H groups in total.